The molecule has 2 aromatic carbocycles. The Morgan fingerprint density at radius 1 is 0.958 bits per heavy atom. The van der Waals surface area contributed by atoms with Gasteiger partial charge in [-0.15, -0.1) is 10.2 Å². The van der Waals surface area contributed by atoms with Gasteiger partial charge in [0.15, 0.2) is 11.0 Å². The summed E-state index contributed by atoms with van der Waals surface area (Å²) in [5.41, 5.74) is 2.06. The molecule has 0 N–H and O–H groups in total. The van der Waals surface area contributed by atoms with Crippen LogP contribution in [0.25, 0.3) is 11.4 Å². The first-order valence-electron chi connectivity index (χ1n) is 7.75. The van der Waals surface area contributed by atoms with Crippen LogP contribution in [0.5, 0.6) is 0 Å². The third kappa shape index (κ3) is 3.77. The number of thioether (sulfide) groups is 1. The predicted molar refractivity (Wildman–Crippen MR) is 102 cm³/mol. The molecule has 1 heterocycles. The molecular formula is C18H17Cl2N3S. The molecule has 3 rings (SSSR count). The molecule has 0 aliphatic heterocycles. The fraction of sp³-hybridized carbons (Fsp3) is 0.222. The van der Waals surface area contributed by atoms with E-state index in [9.17, 15) is 0 Å². The molecule has 3 aromatic rings. The van der Waals surface area contributed by atoms with Crippen LogP contribution in [0.1, 0.15) is 12.5 Å². The van der Waals surface area contributed by atoms with Gasteiger partial charge in [-0.3, -0.25) is 0 Å². The molecule has 0 aliphatic carbocycles. The van der Waals surface area contributed by atoms with Crippen molar-refractivity contribution in [3.8, 4) is 11.4 Å². The fourth-order valence-corrected chi connectivity index (χ4v) is 4.04. The minimum Gasteiger partial charge on any atom is -0.302 e. The van der Waals surface area contributed by atoms with Crippen LogP contribution < -0.4 is 0 Å². The van der Waals surface area contributed by atoms with Crippen LogP contribution in [0.3, 0.4) is 0 Å². The van der Waals surface area contributed by atoms with Crippen molar-refractivity contribution in [1.29, 1.82) is 0 Å². The van der Waals surface area contributed by atoms with Crippen LogP contribution in [0.2, 0.25) is 10.0 Å². The van der Waals surface area contributed by atoms with Crippen molar-refractivity contribution in [2.24, 2.45) is 0 Å². The van der Waals surface area contributed by atoms with E-state index in [4.69, 9.17) is 23.2 Å². The second-order valence-electron chi connectivity index (χ2n) is 5.22. The molecule has 0 radical (unpaired) electrons. The molecule has 0 atom stereocenters. The van der Waals surface area contributed by atoms with Gasteiger partial charge < -0.3 is 4.57 Å². The van der Waals surface area contributed by atoms with Crippen LogP contribution in [0, 0.1) is 0 Å². The van der Waals surface area contributed by atoms with E-state index in [2.05, 4.69) is 21.7 Å². The molecule has 24 heavy (non-hydrogen) atoms. The average Bonchev–Trinajstić information content (AvgIpc) is 3.01. The lowest BCUT2D eigenvalue weighted by Crippen LogP contribution is -2.00. The lowest BCUT2D eigenvalue weighted by Gasteiger charge is -2.08. The molecule has 3 nitrogen and oxygen atoms in total. The van der Waals surface area contributed by atoms with Gasteiger partial charge in [0.1, 0.15) is 0 Å². The Balaban J connectivity index is 1.73. The largest absolute Gasteiger partial charge is 0.302 e. The van der Waals surface area contributed by atoms with Crippen LogP contribution in [-0.2, 0) is 13.0 Å². The second-order valence-corrected chi connectivity index (χ2v) is 7.09. The highest BCUT2D eigenvalue weighted by Crippen LogP contribution is 2.28. The summed E-state index contributed by atoms with van der Waals surface area (Å²) in [4.78, 5) is 0. The van der Waals surface area contributed by atoms with Gasteiger partial charge in [0.05, 0.1) is 0 Å². The maximum Gasteiger partial charge on any atom is 0.191 e. The molecule has 0 saturated heterocycles. The minimum absolute atomic E-state index is 0.713. The zero-order valence-corrected chi connectivity index (χ0v) is 15.6. The summed E-state index contributed by atoms with van der Waals surface area (Å²) in [6, 6.07) is 15.7. The summed E-state index contributed by atoms with van der Waals surface area (Å²) in [5, 5.41) is 11.0. The van der Waals surface area contributed by atoms with Crippen molar-refractivity contribution in [2.45, 2.75) is 25.0 Å². The summed E-state index contributed by atoms with van der Waals surface area (Å²) in [6.07, 6.45) is 0.792. The molecule has 0 aliphatic rings. The Hall–Kier alpha value is -1.49. The van der Waals surface area contributed by atoms with Gasteiger partial charge in [-0.2, -0.15) is 0 Å². The highest BCUT2D eigenvalue weighted by atomic mass is 35.5. The zero-order valence-electron chi connectivity index (χ0n) is 13.2. The Morgan fingerprint density at radius 3 is 2.33 bits per heavy atom. The topological polar surface area (TPSA) is 30.7 Å². The van der Waals surface area contributed by atoms with Crippen LogP contribution >= 0.6 is 35.0 Å². The summed E-state index contributed by atoms with van der Waals surface area (Å²) in [5.74, 6) is 1.74. The number of halogens is 2. The third-order valence-electron chi connectivity index (χ3n) is 3.71. The Kier molecular flexibility index (Phi) is 5.82. The molecule has 0 bridgehead atoms. The number of aromatic nitrogens is 3. The molecule has 0 saturated carbocycles. The lowest BCUT2D eigenvalue weighted by atomic mass is 10.2. The quantitative estimate of drug-likeness (QED) is 0.523. The van der Waals surface area contributed by atoms with Crippen molar-refractivity contribution in [1.82, 2.24) is 14.8 Å². The second kappa shape index (κ2) is 8.06. The van der Waals surface area contributed by atoms with Crippen molar-refractivity contribution in [3.63, 3.8) is 0 Å². The Morgan fingerprint density at radius 2 is 1.67 bits per heavy atom. The molecule has 0 amide bonds. The van der Waals surface area contributed by atoms with Gasteiger partial charge in [0.25, 0.3) is 0 Å². The SMILES string of the molecule is CCn1c(SCCc2c(Cl)cccc2Cl)nnc1-c1ccccc1. The predicted octanol–water partition coefficient (Wildman–Crippen LogP) is 5.61. The van der Waals surface area contributed by atoms with Crippen molar-refractivity contribution in [2.75, 3.05) is 5.75 Å². The fourth-order valence-electron chi connectivity index (χ4n) is 2.50. The Bertz CT molecular complexity index is 798. The summed E-state index contributed by atoms with van der Waals surface area (Å²) in [7, 11) is 0. The average molecular weight is 378 g/mol. The molecule has 0 fully saturated rings. The monoisotopic (exact) mass is 377 g/mol. The van der Waals surface area contributed by atoms with E-state index in [1.165, 1.54) is 0 Å². The van der Waals surface area contributed by atoms with Crippen molar-refractivity contribution < 1.29 is 0 Å². The van der Waals surface area contributed by atoms with Crippen LogP contribution in [0.15, 0.2) is 53.7 Å². The smallest absolute Gasteiger partial charge is 0.191 e. The standard InChI is InChI=1S/C18H17Cl2N3S/c1-2-23-17(13-7-4-3-5-8-13)21-22-18(23)24-12-11-14-15(19)9-6-10-16(14)20/h3-10H,2,11-12H2,1H3. The maximum atomic E-state index is 6.23. The van der Waals surface area contributed by atoms with E-state index < -0.39 is 0 Å². The van der Waals surface area contributed by atoms with Crippen molar-refractivity contribution in [3.05, 3.63) is 64.1 Å². The summed E-state index contributed by atoms with van der Waals surface area (Å²) >= 11 is 14.1. The van der Waals surface area contributed by atoms with Gasteiger partial charge >= 0.3 is 0 Å². The van der Waals surface area contributed by atoms with Crippen molar-refractivity contribution >= 4 is 35.0 Å². The van der Waals surface area contributed by atoms with Gasteiger partial charge in [-0.25, -0.2) is 0 Å². The molecule has 6 heteroatoms. The Labute approximate surface area is 156 Å². The molecule has 0 spiro atoms. The van der Waals surface area contributed by atoms with Crippen LogP contribution in [0.4, 0.5) is 0 Å². The number of rotatable bonds is 6. The number of benzene rings is 2. The lowest BCUT2D eigenvalue weighted by molar-refractivity contribution is 0.687. The van der Waals surface area contributed by atoms with Gasteiger partial charge in [-0.05, 0) is 31.0 Å². The first kappa shape index (κ1) is 17.3. The van der Waals surface area contributed by atoms with E-state index in [0.717, 1.165) is 40.8 Å². The van der Waals surface area contributed by atoms with Gasteiger partial charge in [0, 0.05) is 27.9 Å². The van der Waals surface area contributed by atoms with Gasteiger partial charge in [0.2, 0.25) is 0 Å². The van der Waals surface area contributed by atoms with Crippen LogP contribution in [-0.4, -0.2) is 20.5 Å². The van der Waals surface area contributed by atoms with Gasteiger partial charge in [-0.1, -0.05) is 71.4 Å². The third-order valence-corrected chi connectivity index (χ3v) is 5.39. The number of hydrogen-bond donors (Lipinski definition) is 0. The zero-order chi connectivity index (χ0) is 16.9. The van der Waals surface area contributed by atoms with E-state index >= 15 is 0 Å². The van der Waals surface area contributed by atoms with E-state index in [0.29, 0.717) is 10.0 Å². The first-order valence-corrected chi connectivity index (χ1v) is 9.49. The number of hydrogen-bond acceptors (Lipinski definition) is 3. The summed E-state index contributed by atoms with van der Waals surface area (Å²) < 4.78 is 2.13. The minimum atomic E-state index is 0.713. The molecular weight excluding hydrogens is 361 g/mol. The molecule has 1 aromatic heterocycles. The molecule has 124 valence electrons. The highest BCUT2D eigenvalue weighted by Gasteiger charge is 2.13. The first-order chi connectivity index (χ1) is 11.7. The highest BCUT2D eigenvalue weighted by molar-refractivity contribution is 7.99. The van der Waals surface area contributed by atoms with E-state index in [1.54, 1.807) is 11.8 Å². The number of nitrogens with zero attached hydrogens (tertiary/aromatic N) is 3. The van der Waals surface area contributed by atoms with E-state index in [1.807, 2.05) is 48.5 Å². The summed E-state index contributed by atoms with van der Waals surface area (Å²) in [6.45, 7) is 2.93. The van der Waals surface area contributed by atoms with E-state index in [-0.39, 0.29) is 0 Å². The maximum absolute atomic E-state index is 6.23. The normalized spacial score (nSPS) is 11.0. The molecule has 0 unspecified atom stereocenters.